The highest BCUT2D eigenvalue weighted by Crippen LogP contribution is 2.18. The molecule has 1 unspecified atom stereocenters. The van der Waals surface area contributed by atoms with Gasteiger partial charge in [0, 0.05) is 24.5 Å². The molecule has 1 saturated heterocycles. The number of rotatable bonds is 6. The quantitative estimate of drug-likeness (QED) is 0.829. The van der Waals surface area contributed by atoms with E-state index in [1.54, 1.807) is 30.1 Å². The summed E-state index contributed by atoms with van der Waals surface area (Å²) in [5, 5.41) is 3.29. The van der Waals surface area contributed by atoms with Crippen LogP contribution in [0.25, 0.3) is 0 Å². The van der Waals surface area contributed by atoms with Crippen molar-refractivity contribution in [2.45, 2.75) is 37.4 Å². The van der Waals surface area contributed by atoms with Gasteiger partial charge in [-0.25, -0.2) is 18.1 Å². The number of pyridine rings is 1. The smallest absolute Gasteiger partial charge is 0.258 e. The number of aromatic nitrogens is 1. The van der Waals surface area contributed by atoms with Crippen LogP contribution in [0.2, 0.25) is 0 Å². The molecular weight excluding hydrogens is 294 g/mol. The lowest BCUT2D eigenvalue weighted by molar-refractivity contribution is 0.540. The summed E-state index contributed by atoms with van der Waals surface area (Å²) in [7, 11) is -3.49. The average Bonchev–Trinajstić information content (AvgIpc) is 2.46. The molecule has 0 aromatic carbocycles. The lowest BCUT2D eigenvalue weighted by Crippen LogP contribution is -2.38. The Morgan fingerprint density at radius 1 is 1.45 bits per heavy atom. The maximum atomic E-state index is 12.2. The second kappa shape index (κ2) is 7.40. The van der Waals surface area contributed by atoms with Crippen LogP contribution in [0.5, 0.6) is 0 Å². The van der Waals surface area contributed by atoms with Crippen molar-refractivity contribution >= 4 is 21.8 Å². The predicted octanol–water partition coefficient (Wildman–Crippen LogP) is 1.36. The fourth-order valence-electron chi connectivity index (χ4n) is 2.06. The lowest BCUT2D eigenvalue weighted by Gasteiger charge is -2.22. The zero-order valence-electron chi connectivity index (χ0n) is 11.6. The molecule has 0 radical (unpaired) electrons. The van der Waals surface area contributed by atoms with Gasteiger partial charge in [0.1, 0.15) is 0 Å². The van der Waals surface area contributed by atoms with Gasteiger partial charge in [0.25, 0.3) is 10.0 Å². The molecule has 2 rings (SSSR count). The normalized spacial score (nSPS) is 19.9. The molecule has 1 atom stereocenters. The molecule has 0 bridgehead atoms. The summed E-state index contributed by atoms with van der Waals surface area (Å²) in [6, 6.07) is 3.41. The van der Waals surface area contributed by atoms with Gasteiger partial charge in [0.15, 0.2) is 5.03 Å². The Bertz CT molecular complexity index is 511. The van der Waals surface area contributed by atoms with E-state index in [2.05, 4.69) is 15.0 Å². The second-order valence-corrected chi connectivity index (χ2v) is 7.63. The Balaban J connectivity index is 2.01. The number of hydrogen-bond acceptors (Lipinski definition) is 5. The first-order valence-electron chi connectivity index (χ1n) is 6.87. The van der Waals surface area contributed by atoms with E-state index in [1.165, 1.54) is 0 Å². The van der Waals surface area contributed by atoms with E-state index in [4.69, 9.17) is 0 Å². The number of thioether (sulfide) groups is 1. The minimum absolute atomic E-state index is 0.0296. The van der Waals surface area contributed by atoms with Crippen LogP contribution in [0.15, 0.2) is 23.4 Å². The van der Waals surface area contributed by atoms with Crippen molar-refractivity contribution in [3.8, 4) is 0 Å². The third-order valence-corrected chi connectivity index (χ3v) is 5.79. The highest BCUT2D eigenvalue weighted by atomic mass is 32.2. The molecular formula is C13H21N3O2S2. The number of sulfonamides is 1. The Kier molecular flexibility index (Phi) is 5.83. The fourth-order valence-corrected chi connectivity index (χ4v) is 4.43. The molecule has 5 nitrogen and oxygen atoms in total. The van der Waals surface area contributed by atoms with Crippen LogP contribution in [0.1, 0.15) is 25.3 Å². The summed E-state index contributed by atoms with van der Waals surface area (Å²) in [5.74, 6) is 1.97. The molecule has 7 heteroatoms. The fraction of sp³-hybridized carbons (Fsp3) is 0.615. The molecule has 2 N–H and O–H groups in total. The molecule has 2 heterocycles. The summed E-state index contributed by atoms with van der Waals surface area (Å²) < 4.78 is 27.2. The van der Waals surface area contributed by atoms with Gasteiger partial charge in [-0.3, -0.25) is 0 Å². The summed E-state index contributed by atoms with van der Waals surface area (Å²) in [6.07, 6.45) is 3.59. The van der Waals surface area contributed by atoms with Crippen molar-refractivity contribution in [2.24, 2.45) is 0 Å². The van der Waals surface area contributed by atoms with Crippen LogP contribution in [-0.4, -0.2) is 37.5 Å². The van der Waals surface area contributed by atoms with Crippen LogP contribution in [0.4, 0.5) is 0 Å². The minimum atomic E-state index is -3.49. The van der Waals surface area contributed by atoms with Gasteiger partial charge in [-0.05, 0) is 36.8 Å². The average molecular weight is 315 g/mol. The Hall–Kier alpha value is -0.630. The first-order chi connectivity index (χ1) is 9.62. The largest absolute Gasteiger partial charge is 0.313 e. The van der Waals surface area contributed by atoms with Gasteiger partial charge in [-0.1, -0.05) is 13.0 Å². The summed E-state index contributed by atoms with van der Waals surface area (Å²) >= 11 is 1.79. The number of hydrogen-bond donors (Lipinski definition) is 2. The second-order valence-electron chi connectivity index (χ2n) is 4.82. The van der Waals surface area contributed by atoms with Crippen molar-refractivity contribution < 1.29 is 8.42 Å². The molecule has 1 aliphatic heterocycles. The first kappa shape index (κ1) is 15.8. The van der Waals surface area contributed by atoms with Gasteiger partial charge in [0.2, 0.25) is 0 Å². The van der Waals surface area contributed by atoms with Gasteiger partial charge < -0.3 is 5.32 Å². The maximum absolute atomic E-state index is 12.2. The summed E-state index contributed by atoms with van der Waals surface area (Å²) in [4.78, 5) is 4.07. The van der Waals surface area contributed by atoms with Gasteiger partial charge in [0.05, 0.1) is 0 Å². The Morgan fingerprint density at radius 2 is 2.30 bits per heavy atom. The minimum Gasteiger partial charge on any atom is -0.313 e. The Labute approximate surface area is 125 Å². The van der Waals surface area contributed by atoms with Gasteiger partial charge in [-0.2, -0.15) is 11.8 Å². The van der Waals surface area contributed by atoms with Gasteiger partial charge in [-0.15, -0.1) is 0 Å². The van der Waals surface area contributed by atoms with Crippen LogP contribution in [-0.2, 0) is 16.6 Å². The van der Waals surface area contributed by atoms with E-state index in [-0.39, 0.29) is 11.1 Å². The highest BCUT2D eigenvalue weighted by molar-refractivity contribution is 7.99. The maximum Gasteiger partial charge on any atom is 0.258 e. The molecule has 1 aromatic heterocycles. The molecule has 0 saturated carbocycles. The Morgan fingerprint density at radius 3 is 2.90 bits per heavy atom. The van der Waals surface area contributed by atoms with E-state index in [1.807, 2.05) is 6.92 Å². The molecule has 0 spiro atoms. The lowest BCUT2D eigenvalue weighted by atomic mass is 10.2. The third-order valence-electron chi connectivity index (χ3n) is 3.13. The SMILES string of the molecule is CCNCc1ccc(S(=O)(=O)NC2CCCSC2)nc1. The van der Waals surface area contributed by atoms with E-state index >= 15 is 0 Å². The van der Waals surface area contributed by atoms with Crippen LogP contribution >= 0.6 is 11.8 Å². The van der Waals surface area contributed by atoms with E-state index < -0.39 is 10.0 Å². The molecule has 1 aliphatic rings. The summed E-state index contributed by atoms with van der Waals surface area (Å²) in [5.41, 5.74) is 0.985. The molecule has 112 valence electrons. The van der Waals surface area contributed by atoms with Crippen molar-refractivity contribution in [1.82, 2.24) is 15.0 Å². The molecule has 1 aromatic rings. The number of nitrogens with zero attached hydrogens (tertiary/aromatic N) is 1. The van der Waals surface area contributed by atoms with E-state index in [9.17, 15) is 8.42 Å². The van der Waals surface area contributed by atoms with Crippen molar-refractivity contribution in [3.05, 3.63) is 23.9 Å². The molecule has 20 heavy (non-hydrogen) atoms. The van der Waals surface area contributed by atoms with Gasteiger partial charge >= 0.3 is 0 Å². The zero-order valence-corrected chi connectivity index (χ0v) is 13.3. The van der Waals surface area contributed by atoms with E-state index in [0.717, 1.165) is 36.5 Å². The first-order valence-corrected chi connectivity index (χ1v) is 9.51. The molecule has 0 aliphatic carbocycles. The van der Waals surface area contributed by atoms with Crippen molar-refractivity contribution in [1.29, 1.82) is 0 Å². The molecule has 0 amide bonds. The van der Waals surface area contributed by atoms with Crippen LogP contribution in [0, 0.1) is 0 Å². The van der Waals surface area contributed by atoms with E-state index in [0.29, 0.717) is 6.54 Å². The topological polar surface area (TPSA) is 71.1 Å². The monoisotopic (exact) mass is 315 g/mol. The summed E-state index contributed by atoms with van der Waals surface area (Å²) in [6.45, 7) is 3.61. The van der Waals surface area contributed by atoms with Crippen molar-refractivity contribution in [2.75, 3.05) is 18.1 Å². The highest BCUT2D eigenvalue weighted by Gasteiger charge is 2.22. The zero-order chi connectivity index (χ0) is 14.4. The van der Waals surface area contributed by atoms with Crippen LogP contribution < -0.4 is 10.0 Å². The third kappa shape index (κ3) is 4.44. The standard InChI is InChI=1S/C13H21N3O2S2/c1-2-14-8-11-5-6-13(15-9-11)20(17,18)16-12-4-3-7-19-10-12/h5-6,9,12,14,16H,2-4,7-8,10H2,1H3. The van der Waals surface area contributed by atoms with Crippen molar-refractivity contribution in [3.63, 3.8) is 0 Å². The van der Waals surface area contributed by atoms with Crippen LogP contribution in [0.3, 0.4) is 0 Å². The number of nitrogens with one attached hydrogen (secondary N) is 2. The molecule has 1 fully saturated rings. The predicted molar refractivity (Wildman–Crippen MR) is 82.3 cm³/mol.